The zero-order valence-electron chi connectivity index (χ0n) is 15.8. The molecule has 1 saturated heterocycles. The molecule has 0 aliphatic carbocycles. The molecule has 1 aliphatic heterocycles. The summed E-state index contributed by atoms with van der Waals surface area (Å²) < 4.78 is 5.43. The van der Waals surface area contributed by atoms with Crippen LogP contribution in [0.15, 0.2) is 36.7 Å². The number of nitrogens with one attached hydrogen (secondary N) is 2. The minimum Gasteiger partial charge on any atom is -0.378 e. The van der Waals surface area contributed by atoms with E-state index in [0.717, 1.165) is 56.9 Å². The first-order chi connectivity index (χ1) is 13.3. The van der Waals surface area contributed by atoms with E-state index in [0.29, 0.717) is 18.1 Å². The summed E-state index contributed by atoms with van der Waals surface area (Å²) in [6.45, 7) is 5.99. The molecule has 3 rings (SSSR count). The van der Waals surface area contributed by atoms with Gasteiger partial charge in [-0.05, 0) is 18.6 Å². The minimum atomic E-state index is -0.182. The highest BCUT2D eigenvalue weighted by molar-refractivity contribution is 5.92. The molecule has 27 heavy (non-hydrogen) atoms. The van der Waals surface area contributed by atoms with Crippen molar-refractivity contribution in [3.63, 3.8) is 0 Å². The van der Waals surface area contributed by atoms with Gasteiger partial charge in [0.1, 0.15) is 11.5 Å². The molecule has 2 heterocycles. The Kier molecular flexibility index (Phi) is 6.98. The molecule has 0 atom stereocenters. The normalized spacial score (nSPS) is 14.0. The van der Waals surface area contributed by atoms with E-state index in [9.17, 15) is 4.79 Å². The molecule has 0 spiro atoms. The van der Waals surface area contributed by atoms with Crippen LogP contribution in [0.4, 0.5) is 17.2 Å². The molecular formula is C20H27N5O2. The van der Waals surface area contributed by atoms with Gasteiger partial charge < -0.3 is 20.3 Å². The third-order valence-electron chi connectivity index (χ3n) is 4.47. The topological polar surface area (TPSA) is 79.4 Å². The smallest absolute Gasteiger partial charge is 0.271 e. The number of carbonyl (C=O) groups is 1. The van der Waals surface area contributed by atoms with Gasteiger partial charge in [0, 0.05) is 19.6 Å². The zero-order valence-corrected chi connectivity index (χ0v) is 15.8. The van der Waals surface area contributed by atoms with Gasteiger partial charge in [-0.25, -0.2) is 9.97 Å². The fourth-order valence-corrected chi connectivity index (χ4v) is 2.97. The molecule has 0 radical (unpaired) electrons. The monoisotopic (exact) mass is 369 g/mol. The summed E-state index contributed by atoms with van der Waals surface area (Å²) in [7, 11) is 0. The number of para-hydroxylation sites is 2. The minimum absolute atomic E-state index is 0.182. The van der Waals surface area contributed by atoms with Gasteiger partial charge in [-0.15, -0.1) is 0 Å². The summed E-state index contributed by atoms with van der Waals surface area (Å²) in [4.78, 5) is 23.0. The predicted molar refractivity (Wildman–Crippen MR) is 107 cm³/mol. The summed E-state index contributed by atoms with van der Waals surface area (Å²) in [5, 5.41) is 6.18. The van der Waals surface area contributed by atoms with Crippen LogP contribution in [0.2, 0.25) is 0 Å². The highest BCUT2D eigenvalue weighted by Crippen LogP contribution is 2.28. The molecule has 1 fully saturated rings. The lowest BCUT2D eigenvalue weighted by molar-refractivity contribution is 0.0947. The molecule has 7 heteroatoms. The summed E-state index contributed by atoms with van der Waals surface area (Å²) >= 11 is 0. The van der Waals surface area contributed by atoms with Crippen molar-refractivity contribution in [1.82, 2.24) is 15.3 Å². The van der Waals surface area contributed by atoms with E-state index in [1.165, 1.54) is 6.20 Å². The lowest BCUT2D eigenvalue weighted by Crippen LogP contribution is -2.36. The van der Waals surface area contributed by atoms with Crippen molar-refractivity contribution in [2.75, 3.05) is 43.1 Å². The molecule has 1 amide bonds. The molecular weight excluding hydrogens is 342 g/mol. The lowest BCUT2D eigenvalue weighted by atomic mass is 10.2. The Balaban J connectivity index is 1.62. The molecule has 7 nitrogen and oxygen atoms in total. The number of amides is 1. The predicted octanol–water partition coefficient (Wildman–Crippen LogP) is 2.98. The van der Waals surface area contributed by atoms with Crippen molar-refractivity contribution in [2.24, 2.45) is 0 Å². The van der Waals surface area contributed by atoms with Gasteiger partial charge >= 0.3 is 0 Å². The Morgan fingerprint density at radius 3 is 2.70 bits per heavy atom. The van der Waals surface area contributed by atoms with Crippen molar-refractivity contribution in [3.05, 3.63) is 42.4 Å². The van der Waals surface area contributed by atoms with Gasteiger partial charge in [-0.3, -0.25) is 4.79 Å². The third kappa shape index (κ3) is 5.40. The number of anilines is 3. The molecule has 144 valence electrons. The number of unbranched alkanes of at least 4 members (excludes halogenated alkanes) is 2. The summed E-state index contributed by atoms with van der Waals surface area (Å²) in [5.41, 5.74) is 2.41. The number of morpholine rings is 1. The number of carbonyl (C=O) groups excluding carboxylic acids is 1. The first kappa shape index (κ1) is 19.1. The third-order valence-corrected chi connectivity index (χ3v) is 4.47. The largest absolute Gasteiger partial charge is 0.378 e. The number of ether oxygens (including phenoxy) is 1. The second-order valence-corrected chi connectivity index (χ2v) is 6.49. The highest BCUT2D eigenvalue weighted by atomic mass is 16.5. The molecule has 0 bridgehead atoms. The fourth-order valence-electron chi connectivity index (χ4n) is 2.97. The van der Waals surface area contributed by atoms with E-state index >= 15 is 0 Å². The molecule has 0 saturated carbocycles. The highest BCUT2D eigenvalue weighted by Gasteiger charge is 2.15. The maximum absolute atomic E-state index is 12.1. The summed E-state index contributed by atoms with van der Waals surface area (Å²) in [6, 6.07) is 8.10. The first-order valence-corrected chi connectivity index (χ1v) is 9.57. The maximum Gasteiger partial charge on any atom is 0.271 e. The summed E-state index contributed by atoms with van der Waals surface area (Å²) in [6.07, 6.45) is 6.32. The maximum atomic E-state index is 12.1. The van der Waals surface area contributed by atoms with Crippen molar-refractivity contribution < 1.29 is 9.53 Å². The Morgan fingerprint density at radius 1 is 1.15 bits per heavy atom. The van der Waals surface area contributed by atoms with Crippen LogP contribution in [0, 0.1) is 0 Å². The van der Waals surface area contributed by atoms with Crippen LogP contribution in [0.3, 0.4) is 0 Å². The van der Waals surface area contributed by atoms with Crippen LogP contribution in [0.25, 0.3) is 0 Å². The van der Waals surface area contributed by atoms with E-state index in [1.807, 2.05) is 18.2 Å². The average molecular weight is 369 g/mol. The number of nitrogens with zero attached hydrogens (tertiary/aromatic N) is 3. The number of benzene rings is 1. The summed E-state index contributed by atoms with van der Waals surface area (Å²) in [5.74, 6) is 0.428. The lowest BCUT2D eigenvalue weighted by Gasteiger charge is -2.30. The SMILES string of the molecule is CCCCCNC(=O)c1cnc(Nc2ccccc2N2CCOCC2)cn1. The fraction of sp³-hybridized carbons (Fsp3) is 0.450. The molecule has 2 aromatic rings. The van der Waals surface area contributed by atoms with E-state index in [4.69, 9.17) is 4.74 Å². The van der Waals surface area contributed by atoms with Crippen molar-refractivity contribution >= 4 is 23.1 Å². The van der Waals surface area contributed by atoms with Crippen molar-refractivity contribution in [3.8, 4) is 0 Å². The van der Waals surface area contributed by atoms with Gasteiger partial charge in [-0.1, -0.05) is 31.9 Å². The van der Waals surface area contributed by atoms with Gasteiger partial charge in [0.15, 0.2) is 0 Å². The van der Waals surface area contributed by atoms with Gasteiger partial charge in [0.2, 0.25) is 0 Å². The number of rotatable bonds is 8. The molecule has 2 N–H and O–H groups in total. The van der Waals surface area contributed by atoms with Crippen LogP contribution in [-0.4, -0.2) is 48.7 Å². The molecule has 1 aromatic carbocycles. The van der Waals surface area contributed by atoms with Crippen LogP contribution in [0.5, 0.6) is 0 Å². The van der Waals surface area contributed by atoms with Crippen molar-refractivity contribution in [2.45, 2.75) is 26.2 Å². The quantitative estimate of drug-likeness (QED) is 0.697. The number of aromatic nitrogens is 2. The zero-order chi connectivity index (χ0) is 18.9. The standard InChI is InChI=1S/C20H27N5O2/c1-2-3-6-9-21-20(26)17-14-23-19(15-22-17)24-16-7-4-5-8-18(16)25-10-12-27-13-11-25/h4-5,7-8,14-15H,2-3,6,9-13H2,1H3,(H,21,26)(H,23,24). The Labute approximate surface area is 160 Å². The van der Waals surface area contributed by atoms with Crippen LogP contribution < -0.4 is 15.5 Å². The van der Waals surface area contributed by atoms with E-state index < -0.39 is 0 Å². The van der Waals surface area contributed by atoms with Crippen LogP contribution in [-0.2, 0) is 4.74 Å². The van der Waals surface area contributed by atoms with E-state index in [1.54, 1.807) is 6.20 Å². The Bertz CT molecular complexity index is 729. The van der Waals surface area contributed by atoms with E-state index in [2.05, 4.69) is 38.5 Å². The van der Waals surface area contributed by atoms with Gasteiger partial charge in [0.25, 0.3) is 5.91 Å². The number of hydrogen-bond donors (Lipinski definition) is 2. The second-order valence-electron chi connectivity index (χ2n) is 6.49. The van der Waals surface area contributed by atoms with Gasteiger partial charge in [0.05, 0.1) is 37.0 Å². The second kappa shape index (κ2) is 9.87. The van der Waals surface area contributed by atoms with Crippen LogP contribution >= 0.6 is 0 Å². The van der Waals surface area contributed by atoms with Gasteiger partial charge in [-0.2, -0.15) is 0 Å². The molecule has 0 unspecified atom stereocenters. The molecule has 1 aromatic heterocycles. The van der Waals surface area contributed by atoms with Crippen molar-refractivity contribution in [1.29, 1.82) is 0 Å². The molecule has 1 aliphatic rings. The van der Waals surface area contributed by atoms with E-state index in [-0.39, 0.29) is 5.91 Å². The first-order valence-electron chi connectivity index (χ1n) is 9.57. The Morgan fingerprint density at radius 2 is 1.96 bits per heavy atom. The Hall–Kier alpha value is -2.67. The average Bonchev–Trinajstić information content (AvgIpc) is 2.73. The van der Waals surface area contributed by atoms with Crippen LogP contribution in [0.1, 0.15) is 36.7 Å². The number of hydrogen-bond acceptors (Lipinski definition) is 6.